The van der Waals surface area contributed by atoms with E-state index in [1.165, 1.54) is 10.1 Å². The predicted octanol–water partition coefficient (Wildman–Crippen LogP) is 5.38. The van der Waals surface area contributed by atoms with E-state index in [4.69, 9.17) is 0 Å². The quantitative estimate of drug-likeness (QED) is 0.413. The van der Waals surface area contributed by atoms with Crippen LogP contribution < -0.4 is 5.32 Å². The van der Waals surface area contributed by atoms with E-state index in [9.17, 15) is 4.79 Å². The van der Waals surface area contributed by atoms with Gasteiger partial charge in [0.05, 0.1) is 12.4 Å². The topological polar surface area (TPSA) is 44.7 Å². The van der Waals surface area contributed by atoms with E-state index in [2.05, 4.69) is 57.1 Å². The molecule has 1 aromatic rings. The normalized spacial score (nSPS) is 19.6. The van der Waals surface area contributed by atoms with Crippen LogP contribution in [0, 0.1) is 0 Å². The van der Waals surface area contributed by atoms with Crippen LogP contribution in [0.15, 0.2) is 87.5 Å². The zero-order valence-electron chi connectivity index (χ0n) is 17.6. The van der Waals surface area contributed by atoms with Gasteiger partial charge in [-0.05, 0) is 53.0 Å². The average molecular weight is 466 g/mol. The second-order valence-electron chi connectivity index (χ2n) is 7.38. The molecule has 3 rings (SSSR count). The molecule has 156 valence electrons. The van der Waals surface area contributed by atoms with Crippen molar-refractivity contribution in [2.24, 2.45) is 4.99 Å². The molecule has 5 heteroatoms. The number of benzene rings is 1. The van der Waals surface area contributed by atoms with Crippen LogP contribution in [-0.2, 0) is 4.79 Å². The van der Waals surface area contributed by atoms with Crippen molar-refractivity contribution in [1.29, 1.82) is 0 Å². The number of hydrogen-bond acceptors (Lipinski definition) is 2. The van der Waals surface area contributed by atoms with Gasteiger partial charge < -0.3 is 10.2 Å². The highest BCUT2D eigenvalue weighted by molar-refractivity contribution is 9.11. The third kappa shape index (κ3) is 4.90. The molecule has 0 spiro atoms. The Morgan fingerprint density at radius 3 is 2.73 bits per heavy atom. The lowest BCUT2D eigenvalue weighted by Crippen LogP contribution is -2.38. The second-order valence-corrected chi connectivity index (χ2v) is 8.40. The molecule has 4 nitrogen and oxygen atoms in total. The van der Waals surface area contributed by atoms with Crippen LogP contribution in [0.5, 0.6) is 0 Å². The van der Waals surface area contributed by atoms with Crippen molar-refractivity contribution < 1.29 is 4.79 Å². The number of aliphatic imine (C=N–C) groups is 1. The number of rotatable bonds is 8. The van der Waals surface area contributed by atoms with Gasteiger partial charge in [0.25, 0.3) is 5.91 Å². The first-order valence-electron chi connectivity index (χ1n) is 10.2. The van der Waals surface area contributed by atoms with Crippen molar-refractivity contribution in [2.75, 3.05) is 13.6 Å². The number of nitrogens with one attached hydrogen (secondary N) is 1. The fourth-order valence-corrected chi connectivity index (χ4v) is 4.26. The van der Waals surface area contributed by atoms with Crippen molar-refractivity contribution in [3.05, 3.63) is 88.1 Å². The van der Waals surface area contributed by atoms with Gasteiger partial charge >= 0.3 is 0 Å². The summed E-state index contributed by atoms with van der Waals surface area (Å²) < 4.78 is 1.19. The molecule has 0 saturated carbocycles. The summed E-state index contributed by atoms with van der Waals surface area (Å²) in [5.74, 6) is 0.0914. The van der Waals surface area contributed by atoms with Gasteiger partial charge in [-0.2, -0.15) is 0 Å². The smallest absolute Gasteiger partial charge is 0.250 e. The highest BCUT2D eigenvalue weighted by atomic mass is 79.9. The van der Waals surface area contributed by atoms with E-state index in [-0.39, 0.29) is 11.9 Å². The van der Waals surface area contributed by atoms with E-state index < -0.39 is 0 Å². The molecule has 0 bridgehead atoms. The summed E-state index contributed by atoms with van der Waals surface area (Å²) in [6.45, 7) is 6.96. The number of amides is 1. The SMILES string of the molecule is C=C(C1=C(C)C(=O)N(CC/C=C\N=C/NC)C1C1=CC=C(Br)CC1)c1ccccc1. The Kier molecular flexibility index (Phi) is 7.63. The van der Waals surface area contributed by atoms with Crippen LogP contribution in [0.4, 0.5) is 0 Å². The number of carbonyl (C=O) groups excluding carboxylic acids is 1. The summed E-state index contributed by atoms with van der Waals surface area (Å²) in [5.41, 5.74) is 5.08. The van der Waals surface area contributed by atoms with Gasteiger partial charge in [-0.25, -0.2) is 4.99 Å². The fourth-order valence-electron chi connectivity index (χ4n) is 3.93. The number of halogens is 1. The molecular formula is C25H28BrN3O. The molecule has 0 fully saturated rings. The summed E-state index contributed by atoms with van der Waals surface area (Å²) in [5, 5.41) is 2.86. The maximum absolute atomic E-state index is 13.2. The van der Waals surface area contributed by atoms with Gasteiger partial charge in [-0.1, -0.05) is 71.1 Å². The maximum Gasteiger partial charge on any atom is 0.250 e. The van der Waals surface area contributed by atoms with E-state index in [0.29, 0.717) is 6.54 Å². The molecule has 1 aliphatic heterocycles. The van der Waals surface area contributed by atoms with Crippen molar-refractivity contribution in [3.63, 3.8) is 0 Å². The highest BCUT2D eigenvalue weighted by Crippen LogP contribution is 2.41. The van der Waals surface area contributed by atoms with Crippen LogP contribution in [0.25, 0.3) is 5.57 Å². The minimum atomic E-state index is -0.0729. The van der Waals surface area contributed by atoms with Gasteiger partial charge in [0.15, 0.2) is 0 Å². The monoisotopic (exact) mass is 465 g/mol. The van der Waals surface area contributed by atoms with E-state index in [0.717, 1.165) is 41.5 Å². The van der Waals surface area contributed by atoms with Crippen LogP contribution in [0.1, 0.15) is 31.7 Å². The van der Waals surface area contributed by atoms with Crippen LogP contribution >= 0.6 is 15.9 Å². The summed E-state index contributed by atoms with van der Waals surface area (Å²) in [4.78, 5) is 19.4. The second kappa shape index (κ2) is 10.4. The first kappa shape index (κ1) is 22.0. The highest BCUT2D eigenvalue weighted by Gasteiger charge is 2.39. The Hall–Kier alpha value is -2.66. The molecule has 1 aliphatic carbocycles. The number of nitrogens with zero attached hydrogens (tertiary/aromatic N) is 2. The Bertz CT molecular complexity index is 954. The summed E-state index contributed by atoms with van der Waals surface area (Å²) in [6.07, 6.45) is 12.3. The van der Waals surface area contributed by atoms with Gasteiger partial charge in [-0.15, -0.1) is 0 Å². The molecule has 2 aliphatic rings. The fraction of sp³-hybridized carbons (Fsp3) is 0.280. The van der Waals surface area contributed by atoms with Crippen molar-refractivity contribution in [2.45, 2.75) is 32.2 Å². The minimum Gasteiger partial charge on any atom is -0.379 e. The largest absolute Gasteiger partial charge is 0.379 e. The lowest BCUT2D eigenvalue weighted by atomic mass is 9.86. The number of hydrogen-bond donors (Lipinski definition) is 1. The van der Waals surface area contributed by atoms with Crippen molar-refractivity contribution >= 4 is 33.7 Å². The third-order valence-electron chi connectivity index (χ3n) is 5.43. The van der Waals surface area contributed by atoms with Gasteiger partial charge in [0.1, 0.15) is 0 Å². The van der Waals surface area contributed by atoms with Crippen LogP contribution in [0.2, 0.25) is 0 Å². The molecule has 1 unspecified atom stereocenters. The third-order valence-corrected chi connectivity index (χ3v) is 6.09. The Morgan fingerprint density at radius 2 is 2.07 bits per heavy atom. The zero-order chi connectivity index (χ0) is 21.5. The van der Waals surface area contributed by atoms with Gasteiger partial charge in [-0.3, -0.25) is 4.79 Å². The molecule has 0 aromatic heterocycles. The van der Waals surface area contributed by atoms with Crippen LogP contribution in [0.3, 0.4) is 0 Å². The predicted molar refractivity (Wildman–Crippen MR) is 129 cm³/mol. The minimum absolute atomic E-state index is 0.0729. The Labute approximate surface area is 187 Å². The zero-order valence-corrected chi connectivity index (χ0v) is 19.2. The van der Waals surface area contributed by atoms with Gasteiger partial charge in [0.2, 0.25) is 0 Å². The van der Waals surface area contributed by atoms with Gasteiger partial charge in [0, 0.05) is 25.4 Å². The summed E-state index contributed by atoms with van der Waals surface area (Å²) in [6, 6.07) is 10.1. The number of allylic oxidation sites excluding steroid dienone is 3. The molecule has 1 atom stereocenters. The molecule has 1 amide bonds. The molecule has 0 saturated heterocycles. The summed E-state index contributed by atoms with van der Waals surface area (Å²) >= 11 is 3.59. The lowest BCUT2D eigenvalue weighted by molar-refractivity contribution is -0.126. The first-order chi connectivity index (χ1) is 14.5. The molecule has 1 heterocycles. The Balaban J connectivity index is 1.92. The van der Waals surface area contributed by atoms with E-state index in [1.807, 2.05) is 43.1 Å². The lowest BCUT2D eigenvalue weighted by Gasteiger charge is -2.31. The molecule has 1 N–H and O–H groups in total. The van der Waals surface area contributed by atoms with E-state index >= 15 is 0 Å². The summed E-state index contributed by atoms with van der Waals surface area (Å²) in [7, 11) is 1.81. The van der Waals surface area contributed by atoms with Crippen molar-refractivity contribution in [1.82, 2.24) is 10.2 Å². The molecular weight excluding hydrogens is 438 g/mol. The average Bonchev–Trinajstić information content (AvgIpc) is 3.01. The van der Waals surface area contributed by atoms with Crippen LogP contribution in [-0.4, -0.2) is 36.8 Å². The standard InChI is InChI=1S/C25H28BrN3O/c1-18(20-9-5-4-6-10-20)23-19(2)25(30)29(16-8-7-15-28-17-27-3)24(23)21-11-13-22(26)14-12-21/h4-7,9-11,13,15,17,24H,1,8,12,14,16H2,2-3H3,(H,27,28)/b15-7-. The van der Waals surface area contributed by atoms with E-state index in [1.54, 1.807) is 12.5 Å². The number of carbonyl (C=O) groups is 1. The molecule has 30 heavy (non-hydrogen) atoms. The maximum atomic E-state index is 13.2. The molecule has 1 aromatic carbocycles. The first-order valence-corrected chi connectivity index (χ1v) is 11.0. The van der Waals surface area contributed by atoms with Crippen molar-refractivity contribution in [3.8, 4) is 0 Å². The molecule has 0 radical (unpaired) electrons. The Morgan fingerprint density at radius 1 is 1.30 bits per heavy atom.